The Kier molecular flexibility index (Phi) is 2.64. The van der Waals surface area contributed by atoms with Gasteiger partial charge >= 0.3 is 0 Å². The average Bonchev–Trinajstić information content (AvgIpc) is 2.03. The molecule has 0 fully saturated rings. The Balaban J connectivity index is 3.01. The van der Waals surface area contributed by atoms with Crippen molar-refractivity contribution in [3.63, 3.8) is 0 Å². The van der Waals surface area contributed by atoms with Crippen LogP contribution in [0.1, 0.15) is 11.1 Å². The van der Waals surface area contributed by atoms with E-state index in [1.165, 1.54) is 6.08 Å². The first kappa shape index (κ1) is 8.53. The first-order valence-electron chi connectivity index (χ1n) is 3.65. The lowest BCUT2D eigenvalue weighted by molar-refractivity contribution is -0.104. The second-order valence-corrected chi connectivity index (χ2v) is 2.56. The van der Waals surface area contributed by atoms with Crippen molar-refractivity contribution in [3.05, 3.63) is 35.4 Å². The first-order chi connectivity index (χ1) is 5.74. The van der Waals surface area contributed by atoms with E-state index in [1.807, 2.05) is 13.0 Å². The summed E-state index contributed by atoms with van der Waals surface area (Å²) in [6, 6.07) is 5.30. The molecule has 2 nitrogen and oxygen atoms in total. The molecule has 0 amide bonds. The fraction of sp³-hybridized carbons (Fsp3) is 0.100. The summed E-state index contributed by atoms with van der Waals surface area (Å²) in [5.74, 6) is 0.202. The van der Waals surface area contributed by atoms with Crippen molar-refractivity contribution in [3.8, 4) is 5.75 Å². The van der Waals surface area contributed by atoms with Gasteiger partial charge in [-0.15, -0.1) is 0 Å². The summed E-state index contributed by atoms with van der Waals surface area (Å²) < 4.78 is 0. The third-order valence-electron chi connectivity index (χ3n) is 1.54. The molecule has 0 aliphatic rings. The highest BCUT2D eigenvalue weighted by molar-refractivity contribution is 5.75. The van der Waals surface area contributed by atoms with Crippen molar-refractivity contribution in [1.29, 1.82) is 0 Å². The van der Waals surface area contributed by atoms with E-state index >= 15 is 0 Å². The fourth-order valence-corrected chi connectivity index (χ4v) is 0.938. The van der Waals surface area contributed by atoms with Gasteiger partial charge in [0.1, 0.15) is 12.0 Å². The smallest absolute Gasteiger partial charge is 0.142 e. The second kappa shape index (κ2) is 3.72. The normalized spacial score (nSPS) is 10.4. The monoisotopic (exact) mass is 162 g/mol. The molecule has 0 spiro atoms. The van der Waals surface area contributed by atoms with Crippen molar-refractivity contribution in [2.45, 2.75) is 6.92 Å². The van der Waals surface area contributed by atoms with Gasteiger partial charge in [-0.05, 0) is 30.7 Å². The summed E-state index contributed by atoms with van der Waals surface area (Å²) in [6.07, 6.45) is 3.60. The Morgan fingerprint density at radius 3 is 2.75 bits per heavy atom. The van der Waals surface area contributed by atoms with E-state index in [4.69, 9.17) is 0 Å². The summed E-state index contributed by atoms with van der Waals surface area (Å²) in [5.41, 5.74) is 1.66. The van der Waals surface area contributed by atoms with E-state index in [9.17, 15) is 9.90 Å². The predicted molar refractivity (Wildman–Crippen MR) is 47.9 cm³/mol. The molecule has 0 aliphatic carbocycles. The van der Waals surface area contributed by atoms with E-state index in [-0.39, 0.29) is 5.75 Å². The molecule has 1 aromatic carbocycles. The molecule has 0 saturated carbocycles. The maximum absolute atomic E-state index is 9.99. The summed E-state index contributed by atoms with van der Waals surface area (Å²) in [7, 11) is 0. The SMILES string of the molecule is Cc1ccc(C=CC=O)c(O)c1. The van der Waals surface area contributed by atoms with Crippen LogP contribution in [-0.2, 0) is 4.79 Å². The zero-order chi connectivity index (χ0) is 8.97. The molecule has 1 N–H and O–H groups in total. The van der Waals surface area contributed by atoms with E-state index in [0.29, 0.717) is 11.8 Å². The van der Waals surface area contributed by atoms with Crippen molar-refractivity contribution in [2.24, 2.45) is 0 Å². The molecule has 0 bridgehead atoms. The van der Waals surface area contributed by atoms with Crippen LogP contribution >= 0.6 is 0 Å². The van der Waals surface area contributed by atoms with Crippen molar-refractivity contribution >= 4 is 12.4 Å². The van der Waals surface area contributed by atoms with Gasteiger partial charge in [-0.25, -0.2) is 0 Å². The van der Waals surface area contributed by atoms with Gasteiger partial charge in [-0.3, -0.25) is 4.79 Å². The van der Waals surface area contributed by atoms with E-state index in [0.717, 1.165) is 5.56 Å². The zero-order valence-corrected chi connectivity index (χ0v) is 6.82. The summed E-state index contributed by atoms with van der Waals surface area (Å²) in [5, 5.41) is 9.35. The highest BCUT2D eigenvalue weighted by atomic mass is 16.3. The molecule has 2 heteroatoms. The summed E-state index contributed by atoms with van der Waals surface area (Å²) in [6.45, 7) is 1.90. The van der Waals surface area contributed by atoms with Gasteiger partial charge in [0, 0.05) is 5.56 Å². The molecule has 1 rings (SSSR count). The van der Waals surface area contributed by atoms with Crippen LogP contribution in [0, 0.1) is 6.92 Å². The lowest BCUT2D eigenvalue weighted by Crippen LogP contribution is -1.76. The number of aldehydes is 1. The number of carbonyl (C=O) groups excluding carboxylic acids is 1. The quantitative estimate of drug-likeness (QED) is 0.532. The van der Waals surface area contributed by atoms with Gasteiger partial charge in [-0.2, -0.15) is 0 Å². The van der Waals surface area contributed by atoms with Crippen molar-refractivity contribution in [1.82, 2.24) is 0 Å². The van der Waals surface area contributed by atoms with Gasteiger partial charge in [-0.1, -0.05) is 12.1 Å². The van der Waals surface area contributed by atoms with Crippen LogP contribution in [0.15, 0.2) is 24.3 Å². The summed E-state index contributed by atoms with van der Waals surface area (Å²) >= 11 is 0. The number of benzene rings is 1. The van der Waals surface area contributed by atoms with Crippen molar-refractivity contribution < 1.29 is 9.90 Å². The zero-order valence-electron chi connectivity index (χ0n) is 6.82. The number of aryl methyl sites for hydroxylation is 1. The molecule has 12 heavy (non-hydrogen) atoms. The van der Waals surface area contributed by atoms with E-state index in [1.54, 1.807) is 18.2 Å². The van der Waals surface area contributed by atoms with Crippen LogP contribution in [0.4, 0.5) is 0 Å². The third kappa shape index (κ3) is 1.95. The molecular formula is C10H10O2. The average molecular weight is 162 g/mol. The number of phenolic OH excluding ortho intramolecular Hbond substituents is 1. The number of aromatic hydroxyl groups is 1. The molecule has 0 aliphatic heterocycles. The van der Waals surface area contributed by atoms with Crippen LogP contribution < -0.4 is 0 Å². The molecular weight excluding hydrogens is 152 g/mol. The standard InChI is InChI=1S/C10H10O2/c1-8-4-5-9(3-2-6-11)10(12)7-8/h2-7,12H,1H3. The number of phenols is 1. The lowest BCUT2D eigenvalue weighted by atomic mass is 10.1. The number of carbonyl (C=O) groups is 1. The third-order valence-corrected chi connectivity index (χ3v) is 1.54. The minimum Gasteiger partial charge on any atom is -0.507 e. The molecule has 0 heterocycles. The fourth-order valence-electron chi connectivity index (χ4n) is 0.938. The largest absolute Gasteiger partial charge is 0.507 e. The van der Waals surface area contributed by atoms with E-state index < -0.39 is 0 Å². The Labute approximate surface area is 71.2 Å². The van der Waals surface area contributed by atoms with Crippen LogP contribution in [0.3, 0.4) is 0 Å². The van der Waals surface area contributed by atoms with Crippen LogP contribution in [0.5, 0.6) is 5.75 Å². The Morgan fingerprint density at radius 2 is 2.17 bits per heavy atom. The molecule has 0 unspecified atom stereocenters. The van der Waals surface area contributed by atoms with Gasteiger partial charge < -0.3 is 5.11 Å². The Hall–Kier alpha value is -1.57. The Morgan fingerprint density at radius 1 is 1.42 bits per heavy atom. The van der Waals surface area contributed by atoms with Crippen LogP contribution in [-0.4, -0.2) is 11.4 Å². The number of hydrogen-bond acceptors (Lipinski definition) is 2. The molecule has 1 aromatic rings. The number of rotatable bonds is 2. The molecule has 0 atom stereocenters. The minimum absolute atomic E-state index is 0.202. The molecule has 0 radical (unpaired) electrons. The molecule has 0 aromatic heterocycles. The van der Waals surface area contributed by atoms with Crippen molar-refractivity contribution in [2.75, 3.05) is 0 Å². The van der Waals surface area contributed by atoms with Gasteiger partial charge in [0.05, 0.1) is 0 Å². The molecule has 62 valence electrons. The molecule has 0 saturated heterocycles. The van der Waals surface area contributed by atoms with Gasteiger partial charge in [0.25, 0.3) is 0 Å². The van der Waals surface area contributed by atoms with Gasteiger partial charge in [0.2, 0.25) is 0 Å². The highest BCUT2D eigenvalue weighted by Crippen LogP contribution is 2.19. The van der Waals surface area contributed by atoms with Gasteiger partial charge in [0.15, 0.2) is 0 Å². The van der Waals surface area contributed by atoms with Crippen LogP contribution in [0.2, 0.25) is 0 Å². The highest BCUT2D eigenvalue weighted by Gasteiger charge is 1.95. The maximum atomic E-state index is 9.99. The maximum Gasteiger partial charge on any atom is 0.142 e. The lowest BCUT2D eigenvalue weighted by Gasteiger charge is -1.98. The topological polar surface area (TPSA) is 37.3 Å². The Bertz CT molecular complexity index is 314. The number of hydrogen-bond donors (Lipinski definition) is 1. The van der Waals surface area contributed by atoms with Crippen LogP contribution in [0.25, 0.3) is 6.08 Å². The number of allylic oxidation sites excluding steroid dienone is 1. The first-order valence-corrected chi connectivity index (χ1v) is 3.65. The van der Waals surface area contributed by atoms with E-state index in [2.05, 4.69) is 0 Å². The predicted octanol–water partition coefficient (Wildman–Crippen LogP) is 1.91. The minimum atomic E-state index is 0.202. The summed E-state index contributed by atoms with van der Waals surface area (Å²) in [4.78, 5) is 9.99. The second-order valence-electron chi connectivity index (χ2n) is 2.56.